The van der Waals surface area contributed by atoms with Crippen LogP contribution in [0.3, 0.4) is 0 Å². The second-order valence-electron chi connectivity index (χ2n) is 7.79. The number of amides is 1. The van der Waals surface area contributed by atoms with Gasteiger partial charge in [-0.3, -0.25) is 0 Å². The van der Waals surface area contributed by atoms with Crippen molar-refractivity contribution in [3.8, 4) is 22.8 Å². The SMILES string of the molecule is Nc1ncnc2c1c(-c1ccc(Oc3ccccc3)cc1)nn2[C@H]1CCN(C(=O)O)C[C@@H]1F. The number of aromatic nitrogens is 4. The van der Waals surface area contributed by atoms with Gasteiger partial charge in [-0.05, 0) is 42.8 Å². The van der Waals surface area contributed by atoms with Crippen LogP contribution >= 0.6 is 0 Å². The Bertz CT molecular complexity index is 1300. The molecule has 1 aliphatic rings. The number of benzene rings is 2. The molecule has 0 aliphatic carbocycles. The molecule has 9 nitrogen and oxygen atoms in total. The Labute approximate surface area is 188 Å². The Hall–Kier alpha value is -4.21. The van der Waals surface area contributed by atoms with E-state index in [1.807, 2.05) is 54.6 Å². The lowest BCUT2D eigenvalue weighted by Gasteiger charge is -2.33. The third kappa shape index (κ3) is 3.91. The number of piperidine rings is 1. The number of hydrogen-bond donors (Lipinski definition) is 2. The summed E-state index contributed by atoms with van der Waals surface area (Å²) in [6.45, 7) is -0.00797. The number of rotatable bonds is 4. The predicted octanol–water partition coefficient (Wildman–Crippen LogP) is 4.13. The second kappa shape index (κ2) is 8.38. The molecule has 0 unspecified atom stereocenters. The molecule has 0 saturated carbocycles. The van der Waals surface area contributed by atoms with E-state index in [4.69, 9.17) is 10.5 Å². The Morgan fingerprint density at radius 2 is 1.82 bits per heavy atom. The summed E-state index contributed by atoms with van der Waals surface area (Å²) in [5.41, 5.74) is 7.85. The van der Waals surface area contributed by atoms with Gasteiger partial charge in [0.2, 0.25) is 0 Å². The molecule has 0 radical (unpaired) electrons. The molecule has 33 heavy (non-hydrogen) atoms. The van der Waals surface area contributed by atoms with Crippen molar-refractivity contribution in [2.24, 2.45) is 0 Å². The van der Waals surface area contributed by atoms with Gasteiger partial charge in [-0.2, -0.15) is 5.10 Å². The quantitative estimate of drug-likeness (QED) is 0.482. The maximum absolute atomic E-state index is 15.0. The van der Waals surface area contributed by atoms with Crippen LogP contribution in [-0.4, -0.2) is 55.1 Å². The number of halogens is 1. The summed E-state index contributed by atoms with van der Waals surface area (Å²) in [5, 5.41) is 14.4. The normalized spacial score (nSPS) is 18.4. The highest BCUT2D eigenvalue weighted by Gasteiger charge is 2.35. The number of nitrogens with two attached hydrogens (primary N) is 1. The maximum atomic E-state index is 15.0. The summed E-state index contributed by atoms with van der Waals surface area (Å²) < 4.78 is 22.3. The van der Waals surface area contributed by atoms with Gasteiger partial charge < -0.3 is 20.5 Å². The van der Waals surface area contributed by atoms with Crippen molar-refractivity contribution in [1.82, 2.24) is 24.6 Å². The molecule has 2 atom stereocenters. The van der Waals surface area contributed by atoms with Gasteiger partial charge in [-0.15, -0.1) is 0 Å². The van der Waals surface area contributed by atoms with Gasteiger partial charge in [0.1, 0.15) is 35.5 Å². The third-order valence-corrected chi connectivity index (χ3v) is 5.72. The molecule has 4 aromatic rings. The summed E-state index contributed by atoms with van der Waals surface area (Å²) in [4.78, 5) is 20.7. The van der Waals surface area contributed by atoms with Gasteiger partial charge >= 0.3 is 6.09 Å². The fraction of sp³-hybridized carbons (Fsp3) is 0.217. The number of fused-ring (bicyclic) bond motifs is 1. The number of ether oxygens (including phenoxy) is 1. The second-order valence-corrected chi connectivity index (χ2v) is 7.79. The monoisotopic (exact) mass is 448 g/mol. The molecule has 5 rings (SSSR count). The molecule has 1 amide bonds. The van der Waals surface area contributed by atoms with Crippen molar-refractivity contribution in [3.05, 3.63) is 60.9 Å². The van der Waals surface area contributed by atoms with Crippen LogP contribution in [0.2, 0.25) is 0 Å². The lowest BCUT2D eigenvalue weighted by atomic mass is 10.0. The molecule has 1 fully saturated rings. The summed E-state index contributed by atoms with van der Waals surface area (Å²) in [6.07, 6.45) is -0.969. The fourth-order valence-corrected chi connectivity index (χ4v) is 4.08. The van der Waals surface area contributed by atoms with Gasteiger partial charge in [-0.25, -0.2) is 23.8 Å². The molecule has 0 spiro atoms. The van der Waals surface area contributed by atoms with Crippen molar-refractivity contribution in [2.45, 2.75) is 18.6 Å². The highest BCUT2D eigenvalue weighted by molar-refractivity contribution is 5.98. The number of nitrogens with zero attached hydrogens (tertiary/aromatic N) is 5. The van der Waals surface area contributed by atoms with Crippen LogP contribution in [0, 0.1) is 0 Å². The smallest absolute Gasteiger partial charge is 0.407 e. The molecule has 3 N–H and O–H groups in total. The average Bonchev–Trinajstić information content (AvgIpc) is 3.21. The molecular formula is C23H21FN6O3. The van der Waals surface area contributed by atoms with Crippen LogP contribution in [0.5, 0.6) is 11.5 Å². The van der Waals surface area contributed by atoms with Crippen molar-refractivity contribution < 1.29 is 19.0 Å². The Kier molecular flexibility index (Phi) is 5.25. The zero-order valence-electron chi connectivity index (χ0n) is 17.5. The van der Waals surface area contributed by atoms with Crippen LogP contribution in [0.25, 0.3) is 22.3 Å². The number of carbonyl (C=O) groups is 1. The molecule has 2 aromatic heterocycles. The first-order chi connectivity index (χ1) is 16.0. The molecule has 10 heteroatoms. The van der Waals surface area contributed by atoms with Crippen LogP contribution in [0.15, 0.2) is 60.9 Å². The molecular weight excluding hydrogens is 427 g/mol. The van der Waals surface area contributed by atoms with Crippen LogP contribution in [0.1, 0.15) is 12.5 Å². The van der Waals surface area contributed by atoms with E-state index < -0.39 is 18.3 Å². The zero-order chi connectivity index (χ0) is 22.9. The topological polar surface area (TPSA) is 119 Å². The molecule has 1 saturated heterocycles. The summed E-state index contributed by atoms with van der Waals surface area (Å²) in [7, 11) is 0. The number of likely N-dealkylation sites (tertiary alicyclic amines) is 1. The first-order valence-corrected chi connectivity index (χ1v) is 10.4. The van der Waals surface area contributed by atoms with Crippen LogP contribution < -0.4 is 10.5 Å². The third-order valence-electron chi connectivity index (χ3n) is 5.72. The maximum Gasteiger partial charge on any atom is 0.407 e. The van der Waals surface area contributed by atoms with Gasteiger partial charge in [0, 0.05) is 12.1 Å². The van der Waals surface area contributed by atoms with E-state index >= 15 is 0 Å². The molecule has 1 aliphatic heterocycles. The van der Waals surface area contributed by atoms with E-state index in [1.54, 1.807) is 0 Å². The largest absolute Gasteiger partial charge is 0.465 e. The minimum Gasteiger partial charge on any atom is -0.465 e. The lowest BCUT2D eigenvalue weighted by molar-refractivity contribution is 0.0768. The number of para-hydroxylation sites is 1. The summed E-state index contributed by atoms with van der Waals surface area (Å²) in [6, 6.07) is 16.1. The van der Waals surface area contributed by atoms with Crippen molar-refractivity contribution in [2.75, 3.05) is 18.8 Å². The predicted molar refractivity (Wildman–Crippen MR) is 120 cm³/mol. The van der Waals surface area contributed by atoms with Crippen molar-refractivity contribution >= 4 is 22.9 Å². The Morgan fingerprint density at radius 1 is 1.09 bits per heavy atom. The van der Waals surface area contributed by atoms with Crippen molar-refractivity contribution in [3.63, 3.8) is 0 Å². The van der Waals surface area contributed by atoms with E-state index in [2.05, 4.69) is 15.1 Å². The minimum atomic E-state index is -1.43. The number of nitrogen functional groups attached to an aromatic ring is 1. The standard InChI is InChI=1S/C23H21FN6O3/c24-17-12-29(23(31)32)11-10-18(17)30-22-19(21(25)26-13-27-22)20(28-30)14-6-8-16(9-7-14)33-15-4-2-1-3-5-15/h1-9,13,17-18H,10-12H2,(H,31,32)(H2,25,26,27)/t17-,18-/m0/s1. The van der Waals surface area contributed by atoms with Gasteiger partial charge in [0.15, 0.2) is 5.65 Å². The molecule has 3 heterocycles. The molecule has 0 bridgehead atoms. The average molecular weight is 448 g/mol. The van der Waals surface area contributed by atoms with E-state index in [9.17, 15) is 14.3 Å². The number of hydrogen-bond acceptors (Lipinski definition) is 6. The van der Waals surface area contributed by atoms with Crippen LogP contribution in [-0.2, 0) is 0 Å². The Balaban J connectivity index is 1.50. The van der Waals surface area contributed by atoms with E-state index in [1.165, 1.54) is 11.0 Å². The van der Waals surface area contributed by atoms with Gasteiger partial charge in [0.05, 0.1) is 18.0 Å². The number of alkyl halides is 1. The van der Waals surface area contributed by atoms with Gasteiger partial charge in [-0.1, -0.05) is 18.2 Å². The van der Waals surface area contributed by atoms with E-state index in [-0.39, 0.29) is 25.3 Å². The van der Waals surface area contributed by atoms with Crippen LogP contribution in [0.4, 0.5) is 15.0 Å². The Morgan fingerprint density at radius 3 is 2.52 bits per heavy atom. The first-order valence-electron chi connectivity index (χ1n) is 10.4. The van der Waals surface area contributed by atoms with E-state index in [0.29, 0.717) is 22.5 Å². The molecule has 168 valence electrons. The lowest BCUT2D eigenvalue weighted by Crippen LogP contribution is -2.45. The van der Waals surface area contributed by atoms with E-state index in [0.717, 1.165) is 16.2 Å². The minimum absolute atomic E-state index is 0.212. The summed E-state index contributed by atoms with van der Waals surface area (Å²) in [5.74, 6) is 1.62. The highest BCUT2D eigenvalue weighted by Crippen LogP contribution is 2.35. The van der Waals surface area contributed by atoms with Gasteiger partial charge in [0.25, 0.3) is 0 Å². The zero-order valence-corrected chi connectivity index (χ0v) is 17.5. The first kappa shape index (κ1) is 20.7. The van der Waals surface area contributed by atoms with Crippen molar-refractivity contribution in [1.29, 1.82) is 0 Å². The fourth-order valence-electron chi connectivity index (χ4n) is 4.08. The molecule has 2 aromatic carbocycles. The number of anilines is 1. The highest BCUT2D eigenvalue weighted by atomic mass is 19.1. The number of carboxylic acid groups (broad SMARTS) is 1. The summed E-state index contributed by atoms with van der Waals surface area (Å²) >= 11 is 0.